The molecule has 222 valence electrons. The highest BCUT2D eigenvalue weighted by atomic mass is 14.2. The summed E-state index contributed by atoms with van der Waals surface area (Å²) in [4.78, 5) is 0. The van der Waals surface area contributed by atoms with Crippen LogP contribution in [-0.4, -0.2) is 0 Å². The molecular formula is C41H58. The maximum Gasteiger partial charge on any atom is -0.0126 e. The molecule has 4 aromatic carbocycles. The van der Waals surface area contributed by atoms with Gasteiger partial charge in [0.2, 0.25) is 0 Å². The Morgan fingerprint density at radius 2 is 0.756 bits per heavy atom. The van der Waals surface area contributed by atoms with Crippen molar-refractivity contribution < 1.29 is 0 Å². The Kier molecular flexibility index (Phi) is 11.2. The van der Waals surface area contributed by atoms with Crippen LogP contribution in [0.4, 0.5) is 0 Å². The maximum atomic E-state index is 2.26. The van der Waals surface area contributed by atoms with E-state index in [1.165, 1.54) is 38.6 Å². The standard InChI is InChI=1S/C14H16.C14H22.C13H20/c1-14(2,3)13-10-6-8-11-7-4-5-9-12(11)13;1-13(2,3)11-7-9-12(10-8-11)14(4,5)6;1-10(2)11-6-8-12(9-7-11)13(3,4)5/h4-10H,1-3H3;7-10H,1-6H3;6-10H,1-5H3. The third-order valence-electron chi connectivity index (χ3n) is 7.66. The number of hydrogen-bond acceptors (Lipinski definition) is 0. The molecule has 0 aliphatic carbocycles. The van der Waals surface area contributed by atoms with Gasteiger partial charge in [-0.05, 0) is 66.2 Å². The highest BCUT2D eigenvalue weighted by Crippen LogP contribution is 2.30. The first kappa shape index (κ1) is 34.3. The van der Waals surface area contributed by atoms with Gasteiger partial charge >= 0.3 is 0 Å². The topological polar surface area (TPSA) is 0 Å². The van der Waals surface area contributed by atoms with Crippen LogP contribution >= 0.6 is 0 Å². The van der Waals surface area contributed by atoms with E-state index in [-0.39, 0.29) is 21.7 Å². The van der Waals surface area contributed by atoms with Crippen LogP contribution in [0.15, 0.2) is 91.0 Å². The Bertz CT molecular complexity index is 1300. The summed E-state index contributed by atoms with van der Waals surface area (Å²) in [6, 6.07) is 33.1. The van der Waals surface area contributed by atoms with Crippen LogP contribution in [-0.2, 0) is 21.7 Å². The van der Waals surface area contributed by atoms with Gasteiger partial charge in [-0.3, -0.25) is 0 Å². The zero-order valence-electron chi connectivity index (χ0n) is 28.7. The second-order valence-electron chi connectivity index (χ2n) is 15.9. The van der Waals surface area contributed by atoms with E-state index in [4.69, 9.17) is 0 Å². The van der Waals surface area contributed by atoms with E-state index in [0.717, 1.165) is 0 Å². The summed E-state index contributed by atoms with van der Waals surface area (Å²) in [6.45, 7) is 31.5. The van der Waals surface area contributed by atoms with E-state index in [0.29, 0.717) is 5.92 Å². The molecule has 0 aromatic heterocycles. The minimum absolute atomic E-state index is 0.223. The van der Waals surface area contributed by atoms with Crippen molar-refractivity contribution in [3.05, 3.63) is 119 Å². The predicted octanol–water partition coefficient (Wildman–Crippen LogP) is 12.5. The normalized spacial score (nSPS) is 12.4. The molecule has 0 aliphatic rings. The van der Waals surface area contributed by atoms with Gasteiger partial charge in [0.25, 0.3) is 0 Å². The molecule has 0 unspecified atom stereocenters. The minimum atomic E-state index is 0.223. The molecule has 0 amide bonds. The summed E-state index contributed by atoms with van der Waals surface area (Å²) in [5.41, 5.74) is 8.10. The quantitative estimate of drug-likeness (QED) is 0.221. The van der Waals surface area contributed by atoms with Crippen molar-refractivity contribution >= 4 is 10.8 Å². The summed E-state index contributed by atoms with van der Waals surface area (Å²) in [5, 5.41) is 2.71. The van der Waals surface area contributed by atoms with Gasteiger partial charge < -0.3 is 0 Å². The van der Waals surface area contributed by atoms with Crippen molar-refractivity contribution in [1.29, 1.82) is 0 Å². The van der Waals surface area contributed by atoms with Crippen molar-refractivity contribution in [1.82, 2.24) is 0 Å². The van der Waals surface area contributed by atoms with E-state index in [1.54, 1.807) is 0 Å². The molecular weight excluding hydrogens is 492 g/mol. The maximum absolute atomic E-state index is 2.26. The first-order valence-corrected chi connectivity index (χ1v) is 15.4. The van der Waals surface area contributed by atoms with Crippen molar-refractivity contribution in [2.75, 3.05) is 0 Å². The SMILES string of the molecule is CC(C)(C)c1ccc(C(C)(C)C)cc1.CC(C)(C)c1cccc2ccccc12.CC(C)c1ccc(C(C)(C)C)cc1. The molecule has 0 heterocycles. The zero-order chi connectivity index (χ0) is 31.2. The van der Waals surface area contributed by atoms with Crippen molar-refractivity contribution in [3.63, 3.8) is 0 Å². The Labute approximate surface area is 253 Å². The first-order chi connectivity index (χ1) is 18.7. The van der Waals surface area contributed by atoms with Crippen molar-refractivity contribution in [2.45, 2.75) is 125 Å². The van der Waals surface area contributed by atoms with Gasteiger partial charge in [-0.2, -0.15) is 0 Å². The summed E-state index contributed by atoms with van der Waals surface area (Å²) >= 11 is 0. The molecule has 0 nitrogen and oxygen atoms in total. The van der Waals surface area contributed by atoms with Gasteiger partial charge in [0.1, 0.15) is 0 Å². The van der Waals surface area contributed by atoms with Crippen LogP contribution in [0.5, 0.6) is 0 Å². The van der Waals surface area contributed by atoms with Crippen LogP contribution in [0.25, 0.3) is 10.8 Å². The van der Waals surface area contributed by atoms with Crippen LogP contribution < -0.4 is 0 Å². The van der Waals surface area contributed by atoms with Gasteiger partial charge in [-0.1, -0.05) is 188 Å². The Morgan fingerprint density at radius 1 is 0.390 bits per heavy atom. The number of benzene rings is 4. The lowest BCUT2D eigenvalue weighted by molar-refractivity contribution is 0.577. The minimum Gasteiger partial charge on any atom is -0.0616 e. The Hall–Kier alpha value is -2.86. The first-order valence-electron chi connectivity index (χ1n) is 15.4. The van der Waals surface area contributed by atoms with Gasteiger partial charge in [0, 0.05) is 0 Å². The molecule has 0 bridgehead atoms. The monoisotopic (exact) mass is 550 g/mol. The van der Waals surface area contributed by atoms with Crippen molar-refractivity contribution in [2.24, 2.45) is 0 Å². The van der Waals surface area contributed by atoms with Crippen LogP contribution in [0, 0.1) is 0 Å². The molecule has 4 aromatic rings. The fraction of sp³-hybridized carbons (Fsp3) is 0.463. The molecule has 0 heteroatoms. The highest BCUT2D eigenvalue weighted by molar-refractivity contribution is 5.86. The van der Waals surface area contributed by atoms with Gasteiger partial charge in [0.05, 0.1) is 0 Å². The van der Waals surface area contributed by atoms with E-state index in [2.05, 4.69) is 188 Å². The molecule has 41 heavy (non-hydrogen) atoms. The molecule has 0 atom stereocenters. The average molecular weight is 551 g/mol. The summed E-state index contributed by atoms with van der Waals surface area (Å²) < 4.78 is 0. The van der Waals surface area contributed by atoms with E-state index in [1.807, 2.05) is 0 Å². The Morgan fingerprint density at radius 3 is 1.12 bits per heavy atom. The molecule has 0 fully saturated rings. The third-order valence-corrected chi connectivity index (χ3v) is 7.66. The fourth-order valence-electron chi connectivity index (χ4n) is 4.72. The van der Waals surface area contributed by atoms with Gasteiger partial charge in [-0.25, -0.2) is 0 Å². The van der Waals surface area contributed by atoms with E-state index >= 15 is 0 Å². The lowest BCUT2D eigenvalue weighted by Gasteiger charge is -2.23. The largest absolute Gasteiger partial charge is 0.0616 e. The predicted molar refractivity (Wildman–Crippen MR) is 186 cm³/mol. The van der Waals surface area contributed by atoms with Gasteiger partial charge in [-0.15, -0.1) is 0 Å². The second-order valence-corrected chi connectivity index (χ2v) is 15.9. The number of fused-ring (bicyclic) bond motifs is 1. The third kappa shape index (κ3) is 10.5. The van der Waals surface area contributed by atoms with Crippen molar-refractivity contribution in [3.8, 4) is 0 Å². The summed E-state index contributed by atoms with van der Waals surface area (Å²) in [5.74, 6) is 0.633. The van der Waals surface area contributed by atoms with Crippen LogP contribution in [0.2, 0.25) is 0 Å². The molecule has 4 rings (SSSR count). The zero-order valence-corrected chi connectivity index (χ0v) is 28.7. The molecule has 0 aliphatic heterocycles. The Balaban J connectivity index is 0.000000215. The molecule has 0 radical (unpaired) electrons. The average Bonchev–Trinajstić information content (AvgIpc) is 2.87. The molecule has 0 spiro atoms. The van der Waals surface area contributed by atoms with E-state index in [9.17, 15) is 0 Å². The molecule has 0 saturated carbocycles. The van der Waals surface area contributed by atoms with E-state index < -0.39 is 0 Å². The van der Waals surface area contributed by atoms with Crippen LogP contribution in [0.3, 0.4) is 0 Å². The molecule has 0 saturated heterocycles. The smallest absolute Gasteiger partial charge is 0.0126 e. The summed E-state index contributed by atoms with van der Waals surface area (Å²) in [6.07, 6.45) is 0. The lowest BCUT2D eigenvalue weighted by atomic mass is 9.82. The van der Waals surface area contributed by atoms with Gasteiger partial charge in [0.15, 0.2) is 0 Å². The fourth-order valence-corrected chi connectivity index (χ4v) is 4.72. The van der Waals surface area contributed by atoms with Crippen LogP contribution in [0.1, 0.15) is 131 Å². The lowest BCUT2D eigenvalue weighted by Crippen LogP contribution is -2.14. The highest BCUT2D eigenvalue weighted by Gasteiger charge is 2.17. The molecule has 0 N–H and O–H groups in total. The number of hydrogen-bond donors (Lipinski definition) is 0. The summed E-state index contributed by atoms with van der Waals surface area (Å²) in [7, 11) is 0. The second kappa shape index (κ2) is 13.4. The number of rotatable bonds is 1.